The van der Waals surface area contributed by atoms with E-state index in [1.54, 1.807) is 13.8 Å². The standard InChI is InChI=1S/C20H21F6NO2/c1-3-5-13-11-15(18(28,19(21,22)23)20(24,25)26)12-14(6-4-2)17(13)29-16-7-9-27-10-8-16/h7-12,28H,3-6H2,1-2H3. The number of aromatic nitrogens is 1. The fourth-order valence-electron chi connectivity index (χ4n) is 3.02. The fraction of sp³-hybridized carbons (Fsp3) is 0.450. The van der Waals surface area contributed by atoms with E-state index in [2.05, 4.69) is 4.98 Å². The molecule has 0 saturated heterocycles. The Hall–Kier alpha value is -2.29. The van der Waals surface area contributed by atoms with Gasteiger partial charge in [0.25, 0.3) is 5.60 Å². The first-order valence-electron chi connectivity index (χ1n) is 9.05. The molecule has 2 aromatic rings. The fourth-order valence-corrected chi connectivity index (χ4v) is 3.02. The average Bonchev–Trinajstić information content (AvgIpc) is 2.62. The maximum absolute atomic E-state index is 13.4. The summed E-state index contributed by atoms with van der Waals surface area (Å²) in [5, 5.41) is 9.82. The number of aliphatic hydroxyl groups is 1. The molecule has 1 heterocycles. The smallest absolute Gasteiger partial charge is 0.430 e. The molecule has 0 spiro atoms. The highest BCUT2D eigenvalue weighted by molar-refractivity contribution is 5.49. The number of hydrogen-bond donors (Lipinski definition) is 1. The molecule has 29 heavy (non-hydrogen) atoms. The van der Waals surface area contributed by atoms with E-state index in [1.807, 2.05) is 0 Å². The third-order valence-corrected chi connectivity index (χ3v) is 4.39. The van der Waals surface area contributed by atoms with E-state index in [1.165, 1.54) is 24.5 Å². The number of alkyl halides is 6. The van der Waals surface area contributed by atoms with Crippen LogP contribution in [0.2, 0.25) is 0 Å². The predicted octanol–water partition coefficient (Wildman–Crippen LogP) is 6.09. The van der Waals surface area contributed by atoms with Gasteiger partial charge in [0.05, 0.1) is 0 Å². The van der Waals surface area contributed by atoms with Crippen LogP contribution < -0.4 is 4.74 Å². The van der Waals surface area contributed by atoms with E-state index < -0.39 is 23.5 Å². The van der Waals surface area contributed by atoms with Gasteiger partial charge in [-0.2, -0.15) is 26.3 Å². The van der Waals surface area contributed by atoms with Gasteiger partial charge in [-0.15, -0.1) is 0 Å². The van der Waals surface area contributed by atoms with Gasteiger partial charge in [0.1, 0.15) is 11.5 Å². The van der Waals surface area contributed by atoms with Gasteiger partial charge in [-0.05, 0) is 48.2 Å². The minimum absolute atomic E-state index is 0.164. The van der Waals surface area contributed by atoms with E-state index in [-0.39, 0.29) is 29.7 Å². The zero-order valence-electron chi connectivity index (χ0n) is 15.9. The molecule has 0 saturated carbocycles. The highest BCUT2D eigenvalue weighted by atomic mass is 19.4. The summed E-state index contributed by atoms with van der Waals surface area (Å²) in [4.78, 5) is 3.84. The second-order valence-corrected chi connectivity index (χ2v) is 6.61. The molecule has 3 nitrogen and oxygen atoms in total. The van der Waals surface area contributed by atoms with Crippen molar-refractivity contribution >= 4 is 0 Å². The molecule has 0 aliphatic carbocycles. The molecule has 0 unspecified atom stereocenters. The van der Waals surface area contributed by atoms with Crippen LogP contribution in [0.15, 0.2) is 36.7 Å². The van der Waals surface area contributed by atoms with Crippen molar-refractivity contribution in [2.24, 2.45) is 0 Å². The summed E-state index contributed by atoms with van der Waals surface area (Å²) < 4.78 is 86.0. The van der Waals surface area contributed by atoms with Crippen LogP contribution in [0.5, 0.6) is 11.5 Å². The van der Waals surface area contributed by atoms with E-state index in [9.17, 15) is 31.4 Å². The molecule has 0 radical (unpaired) electrons. The zero-order valence-corrected chi connectivity index (χ0v) is 15.9. The molecule has 9 heteroatoms. The number of hydrogen-bond acceptors (Lipinski definition) is 3. The first-order chi connectivity index (χ1) is 13.5. The number of aryl methyl sites for hydroxylation is 2. The summed E-state index contributed by atoms with van der Waals surface area (Å²) in [5.74, 6) is 0.555. The van der Waals surface area contributed by atoms with Gasteiger partial charge in [0, 0.05) is 18.0 Å². The van der Waals surface area contributed by atoms with Crippen LogP contribution >= 0.6 is 0 Å². The lowest BCUT2D eigenvalue weighted by Crippen LogP contribution is -2.54. The number of pyridine rings is 1. The van der Waals surface area contributed by atoms with Gasteiger partial charge in [0.15, 0.2) is 0 Å². The average molecular weight is 421 g/mol. The summed E-state index contributed by atoms with van der Waals surface area (Å²) in [7, 11) is 0. The van der Waals surface area contributed by atoms with E-state index >= 15 is 0 Å². The Morgan fingerprint density at radius 1 is 0.862 bits per heavy atom. The van der Waals surface area contributed by atoms with Crippen LogP contribution in [-0.4, -0.2) is 22.4 Å². The van der Waals surface area contributed by atoms with Gasteiger partial charge in [-0.1, -0.05) is 26.7 Å². The second kappa shape index (κ2) is 8.61. The molecule has 1 aromatic carbocycles. The Balaban J connectivity index is 2.73. The van der Waals surface area contributed by atoms with Crippen LogP contribution in [0.3, 0.4) is 0 Å². The Morgan fingerprint density at radius 3 is 1.69 bits per heavy atom. The molecule has 1 aromatic heterocycles. The number of benzene rings is 1. The minimum Gasteiger partial charge on any atom is -0.457 e. The summed E-state index contributed by atoms with van der Waals surface area (Å²) >= 11 is 0. The molecule has 1 N–H and O–H groups in total. The van der Waals surface area contributed by atoms with Crippen molar-refractivity contribution in [2.75, 3.05) is 0 Å². The van der Waals surface area contributed by atoms with Crippen LogP contribution in [0.1, 0.15) is 43.4 Å². The summed E-state index contributed by atoms with van der Waals surface area (Å²) in [6, 6.07) is 4.53. The summed E-state index contributed by atoms with van der Waals surface area (Å²) in [5.41, 5.74) is -5.90. The second-order valence-electron chi connectivity index (χ2n) is 6.61. The SMILES string of the molecule is CCCc1cc(C(O)(C(F)(F)F)C(F)(F)F)cc(CCC)c1Oc1ccncc1. The van der Waals surface area contributed by atoms with Crippen molar-refractivity contribution in [2.45, 2.75) is 57.5 Å². The van der Waals surface area contributed by atoms with Crippen LogP contribution in [0.4, 0.5) is 26.3 Å². The molecule has 0 bridgehead atoms. The Morgan fingerprint density at radius 2 is 1.31 bits per heavy atom. The molecule has 160 valence electrons. The third-order valence-electron chi connectivity index (χ3n) is 4.39. The van der Waals surface area contributed by atoms with E-state index in [0.717, 1.165) is 12.1 Å². The lowest BCUT2D eigenvalue weighted by Gasteiger charge is -2.33. The lowest BCUT2D eigenvalue weighted by atomic mass is 9.87. The normalized spacial score (nSPS) is 12.9. The van der Waals surface area contributed by atoms with Crippen molar-refractivity contribution in [3.63, 3.8) is 0 Å². The number of nitrogens with zero attached hydrogens (tertiary/aromatic N) is 1. The number of ether oxygens (including phenoxy) is 1. The third kappa shape index (κ3) is 4.66. The maximum Gasteiger partial charge on any atom is 0.430 e. The number of rotatable bonds is 7. The largest absolute Gasteiger partial charge is 0.457 e. The Kier molecular flexibility index (Phi) is 6.82. The van der Waals surface area contributed by atoms with E-state index in [4.69, 9.17) is 4.74 Å². The van der Waals surface area contributed by atoms with Crippen molar-refractivity contribution in [3.8, 4) is 11.5 Å². The first-order valence-corrected chi connectivity index (χ1v) is 9.05. The van der Waals surface area contributed by atoms with Crippen LogP contribution in [0.25, 0.3) is 0 Å². The Bertz CT molecular complexity index is 777. The molecule has 0 amide bonds. The highest BCUT2D eigenvalue weighted by Gasteiger charge is 2.71. The molecule has 0 aliphatic heterocycles. The van der Waals surface area contributed by atoms with Crippen molar-refractivity contribution in [1.82, 2.24) is 4.98 Å². The minimum atomic E-state index is -5.94. The van der Waals surface area contributed by atoms with Gasteiger partial charge in [-0.3, -0.25) is 4.98 Å². The van der Waals surface area contributed by atoms with Gasteiger partial charge >= 0.3 is 12.4 Å². The molecular formula is C20H21F6NO2. The summed E-state index contributed by atoms with van der Waals surface area (Å²) in [6.45, 7) is 3.48. The Labute approximate surface area is 164 Å². The molecule has 0 fully saturated rings. The van der Waals surface area contributed by atoms with Crippen molar-refractivity contribution < 1.29 is 36.2 Å². The highest BCUT2D eigenvalue weighted by Crippen LogP contribution is 2.51. The van der Waals surface area contributed by atoms with Crippen LogP contribution in [-0.2, 0) is 18.4 Å². The molecule has 2 rings (SSSR count). The monoisotopic (exact) mass is 421 g/mol. The predicted molar refractivity (Wildman–Crippen MR) is 94.7 cm³/mol. The first kappa shape index (κ1) is 23.0. The summed E-state index contributed by atoms with van der Waals surface area (Å²) in [6.07, 6.45) is -7.70. The quantitative estimate of drug-likeness (QED) is 0.550. The number of halogens is 6. The van der Waals surface area contributed by atoms with Crippen molar-refractivity contribution in [1.29, 1.82) is 0 Å². The zero-order chi connectivity index (χ0) is 21.9. The van der Waals surface area contributed by atoms with Gasteiger partial charge in [0.2, 0.25) is 0 Å². The molecular weight excluding hydrogens is 400 g/mol. The van der Waals surface area contributed by atoms with Gasteiger partial charge < -0.3 is 9.84 Å². The maximum atomic E-state index is 13.4. The van der Waals surface area contributed by atoms with Gasteiger partial charge in [-0.25, -0.2) is 0 Å². The molecule has 0 atom stereocenters. The lowest BCUT2D eigenvalue weighted by molar-refractivity contribution is -0.376. The van der Waals surface area contributed by atoms with E-state index in [0.29, 0.717) is 18.6 Å². The topological polar surface area (TPSA) is 42.4 Å². The van der Waals surface area contributed by atoms with Crippen molar-refractivity contribution in [3.05, 3.63) is 53.3 Å². The van der Waals surface area contributed by atoms with Crippen LogP contribution in [0, 0.1) is 0 Å². The molecule has 0 aliphatic rings.